The van der Waals surface area contributed by atoms with Crippen LogP contribution in [0.25, 0.3) is 59.1 Å². The Morgan fingerprint density at radius 3 is 2.34 bits per heavy atom. The minimum Gasteiger partial charge on any atom is -0.307 e. The molecule has 0 unspecified atom stereocenters. The van der Waals surface area contributed by atoms with Gasteiger partial charge in [0.25, 0.3) is 0 Å². The van der Waals surface area contributed by atoms with Gasteiger partial charge in [0.15, 0.2) is 0 Å². The van der Waals surface area contributed by atoms with Crippen LogP contribution < -0.4 is 0 Å². The second-order valence-corrected chi connectivity index (χ2v) is 8.99. The lowest BCUT2D eigenvalue weighted by atomic mass is 10.1. The molecule has 0 fully saturated rings. The smallest absolute Gasteiger partial charge is 0.0971 e. The zero-order valence-electron chi connectivity index (χ0n) is 17.1. The summed E-state index contributed by atoms with van der Waals surface area (Å²) in [5.74, 6) is 0. The number of nitrogens with zero attached hydrogens (tertiary/aromatic N) is 3. The van der Waals surface area contributed by atoms with E-state index in [0.717, 1.165) is 28.0 Å². The van der Waals surface area contributed by atoms with Gasteiger partial charge in [0.1, 0.15) is 0 Å². The van der Waals surface area contributed by atoms with Crippen LogP contribution in [0.3, 0.4) is 0 Å². The van der Waals surface area contributed by atoms with Gasteiger partial charge in [-0.1, -0.05) is 48.5 Å². The van der Waals surface area contributed by atoms with Gasteiger partial charge in [0.05, 0.1) is 22.2 Å². The van der Waals surface area contributed by atoms with Gasteiger partial charge in [-0.2, -0.15) is 0 Å². The summed E-state index contributed by atoms with van der Waals surface area (Å²) in [5, 5.41) is 3.75. The SMILES string of the molecule is c1ccc(-c2ccc3c(n2)c2ccc4sc5ccccc5c4c2n3-c2ccncc2)cc1. The molecule has 0 amide bonds. The van der Waals surface area contributed by atoms with Crippen LogP contribution in [-0.2, 0) is 0 Å². The molecule has 0 aliphatic heterocycles. The fourth-order valence-electron chi connectivity index (χ4n) is 4.70. The van der Waals surface area contributed by atoms with Crippen molar-refractivity contribution in [2.24, 2.45) is 0 Å². The molecule has 0 radical (unpaired) electrons. The molecule has 0 saturated heterocycles. The Bertz CT molecular complexity index is 1760. The highest BCUT2D eigenvalue weighted by Gasteiger charge is 2.19. The average Bonchev–Trinajstić information content (AvgIpc) is 3.40. The molecule has 0 bridgehead atoms. The molecular weight excluding hydrogens is 410 g/mol. The van der Waals surface area contributed by atoms with E-state index in [4.69, 9.17) is 4.98 Å². The number of benzene rings is 3. The van der Waals surface area contributed by atoms with E-state index in [2.05, 4.69) is 94.5 Å². The zero-order valence-corrected chi connectivity index (χ0v) is 17.9. The summed E-state index contributed by atoms with van der Waals surface area (Å²) in [6.07, 6.45) is 3.70. The molecule has 32 heavy (non-hydrogen) atoms. The molecule has 150 valence electrons. The molecule has 3 aromatic carbocycles. The van der Waals surface area contributed by atoms with Gasteiger partial charge in [-0.15, -0.1) is 11.3 Å². The van der Waals surface area contributed by atoms with E-state index in [9.17, 15) is 0 Å². The first-order valence-corrected chi connectivity index (χ1v) is 11.4. The molecule has 0 spiro atoms. The Morgan fingerprint density at radius 2 is 1.47 bits per heavy atom. The Balaban J connectivity index is 1.69. The highest BCUT2D eigenvalue weighted by molar-refractivity contribution is 7.26. The van der Waals surface area contributed by atoms with Crippen LogP contribution in [0.15, 0.2) is 103 Å². The average molecular weight is 428 g/mol. The molecule has 7 aromatic rings. The minimum atomic E-state index is 0.988. The lowest BCUT2D eigenvalue weighted by Crippen LogP contribution is -1.94. The summed E-state index contributed by atoms with van der Waals surface area (Å²) < 4.78 is 4.94. The van der Waals surface area contributed by atoms with Crippen LogP contribution in [0, 0.1) is 0 Å². The number of pyridine rings is 2. The molecule has 4 heteroatoms. The van der Waals surface area contributed by atoms with E-state index >= 15 is 0 Å². The molecular formula is C28H17N3S. The Hall–Kier alpha value is -4.02. The predicted molar refractivity (Wildman–Crippen MR) is 135 cm³/mol. The lowest BCUT2D eigenvalue weighted by molar-refractivity contribution is 1.16. The normalized spacial score (nSPS) is 11.8. The van der Waals surface area contributed by atoms with Gasteiger partial charge in [0.2, 0.25) is 0 Å². The second kappa shape index (κ2) is 6.74. The van der Waals surface area contributed by atoms with Gasteiger partial charge in [-0.3, -0.25) is 4.98 Å². The van der Waals surface area contributed by atoms with E-state index in [1.807, 2.05) is 29.8 Å². The van der Waals surface area contributed by atoms with E-state index in [1.165, 1.54) is 31.1 Å². The van der Waals surface area contributed by atoms with Gasteiger partial charge < -0.3 is 4.57 Å². The third-order valence-corrected chi connectivity index (χ3v) is 7.24. The summed E-state index contributed by atoms with van der Waals surface area (Å²) >= 11 is 1.84. The quantitative estimate of drug-likeness (QED) is 0.284. The third-order valence-electron chi connectivity index (χ3n) is 6.10. The van der Waals surface area contributed by atoms with E-state index in [1.54, 1.807) is 0 Å². The van der Waals surface area contributed by atoms with Crippen LogP contribution in [0.5, 0.6) is 0 Å². The van der Waals surface area contributed by atoms with Crippen LogP contribution in [0.2, 0.25) is 0 Å². The van der Waals surface area contributed by atoms with Crippen molar-refractivity contribution in [3.63, 3.8) is 0 Å². The molecule has 0 aliphatic carbocycles. The van der Waals surface area contributed by atoms with Gasteiger partial charge >= 0.3 is 0 Å². The first-order chi connectivity index (χ1) is 15.9. The number of rotatable bonds is 2. The third kappa shape index (κ3) is 2.47. The summed E-state index contributed by atoms with van der Waals surface area (Å²) in [6, 6.07) is 32.0. The van der Waals surface area contributed by atoms with Gasteiger partial charge in [0, 0.05) is 49.2 Å². The van der Waals surface area contributed by atoms with Crippen molar-refractivity contribution in [1.82, 2.24) is 14.5 Å². The standard InChI is InChI=1S/C28H17N3S/c1-2-6-18(7-3-1)22-11-12-23-27(30-22)21-10-13-25-26(20-8-4-5-9-24(20)32-25)28(21)31(23)19-14-16-29-17-15-19/h1-17H. The Kier molecular flexibility index (Phi) is 3.72. The molecule has 0 N–H and O–H groups in total. The molecule has 4 heterocycles. The summed E-state index contributed by atoms with van der Waals surface area (Å²) in [6.45, 7) is 0. The lowest BCUT2D eigenvalue weighted by Gasteiger charge is -2.08. The summed E-state index contributed by atoms with van der Waals surface area (Å²) in [7, 11) is 0. The molecule has 0 saturated carbocycles. The minimum absolute atomic E-state index is 0.988. The van der Waals surface area contributed by atoms with E-state index in [0.29, 0.717) is 0 Å². The van der Waals surface area contributed by atoms with Crippen molar-refractivity contribution in [2.75, 3.05) is 0 Å². The number of thiophene rings is 1. The first-order valence-electron chi connectivity index (χ1n) is 10.6. The molecule has 3 nitrogen and oxygen atoms in total. The maximum Gasteiger partial charge on any atom is 0.0971 e. The zero-order chi connectivity index (χ0) is 21.1. The summed E-state index contributed by atoms with van der Waals surface area (Å²) in [4.78, 5) is 9.40. The first kappa shape index (κ1) is 17.6. The molecule has 0 atom stereocenters. The van der Waals surface area contributed by atoms with Crippen molar-refractivity contribution >= 4 is 53.4 Å². The van der Waals surface area contributed by atoms with Crippen molar-refractivity contribution < 1.29 is 0 Å². The van der Waals surface area contributed by atoms with E-state index in [-0.39, 0.29) is 0 Å². The Labute approximate surface area is 188 Å². The fraction of sp³-hybridized carbons (Fsp3) is 0. The van der Waals surface area contributed by atoms with Crippen LogP contribution >= 0.6 is 11.3 Å². The number of aromatic nitrogens is 3. The van der Waals surface area contributed by atoms with Crippen molar-refractivity contribution in [3.05, 3.63) is 103 Å². The molecule has 7 rings (SSSR count). The van der Waals surface area contributed by atoms with Gasteiger partial charge in [-0.05, 0) is 42.5 Å². The highest BCUT2D eigenvalue weighted by atomic mass is 32.1. The predicted octanol–water partition coefficient (Wildman–Crippen LogP) is 7.61. The number of hydrogen-bond donors (Lipinski definition) is 0. The number of fused-ring (bicyclic) bond motifs is 7. The summed E-state index contributed by atoms with van der Waals surface area (Å²) in [5.41, 5.74) is 6.54. The van der Waals surface area contributed by atoms with E-state index < -0.39 is 0 Å². The molecule has 0 aliphatic rings. The van der Waals surface area contributed by atoms with Crippen LogP contribution in [0.4, 0.5) is 0 Å². The monoisotopic (exact) mass is 427 g/mol. The van der Waals surface area contributed by atoms with Crippen molar-refractivity contribution in [1.29, 1.82) is 0 Å². The van der Waals surface area contributed by atoms with Crippen molar-refractivity contribution in [2.45, 2.75) is 0 Å². The van der Waals surface area contributed by atoms with Crippen LogP contribution in [-0.4, -0.2) is 14.5 Å². The van der Waals surface area contributed by atoms with Crippen molar-refractivity contribution in [3.8, 4) is 16.9 Å². The molecule has 4 aromatic heterocycles. The maximum atomic E-state index is 5.16. The van der Waals surface area contributed by atoms with Gasteiger partial charge in [-0.25, -0.2) is 4.98 Å². The maximum absolute atomic E-state index is 5.16. The number of hydrogen-bond acceptors (Lipinski definition) is 3. The highest BCUT2D eigenvalue weighted by Crippen LogP contribution is 2.42. The topological polar surface area (TPSA) is 30.7 Å². The van der Waals surface area contributed by atoms with Crippen LogP contribution in [0.1, 0.15) is 0 Å². The Morgan fingerprint density at radius 1 is 0.656 bits per heavy atom. The second-order valence-electron chi connectivity index (χ2n) is 7.90. The fourth-order valence-corrected chi connectivity index (χ4v) is 5.81. The largest absolute Gasteiger partial charge is 0.307 e.